The van der Waals surface area contributed by atoms with Crippen LogP contribution < -0.4 is 5.32 Å². The van der Waals surface area contributed by atoms with Crippen LogP contribution in [0.2, 0.25) is 0 Å². The lowest BCUT2D eigenvalue weighted by molar-refractivity contribution is 0.0953. The maximum Gasteiger partial charge on any atom is 0.261 e. The molecule has 1 aromatic rings. The molecule has 4 nitrogen and oxygen atoms in total. The lowest BCUT2D eigenvalue weighted by Gasteiger charge is -2.05. The first kappa shape index (κ1) is 14.7. The lowest BCUT2D eigenvalue weighted by Crippen LogP contribution is -2.24. The van der Waals surface area contributed by atoms with Crippen molar-refractivity contribution >= 4 is 25.6 Å². The highest BCUT2D eigenvalue weighted by atomic mass is 35.7. The molecule has 0 radical (unpaired) electrons. The van der Waals surface area contributed by atoms with E-state index in [1.807, 2.05) is 0 Å². The Morgan fingerprint density at radius 2 is 2.11 bits per heavy atom. The third-order valence-corrected chi connectivity index (χ3v) is 3.38. The molecule has 0 aliphatic carbocycles. The van der Waals surface area contributed by atoms with Gasteiger partial charge in [-0.05, 0) is 24.6 Å². The summed E-state index contributed by atoms with van der Waals surface area (Å²) in [5, 5.41) is 2.49. The van der Waals surface area contributed by atoms with Crippen molar-refractivity contribution < 1.29 is 17.6 Å². The summed E-state index contributed by atoms with van der Waals surface area (Å²) in [5.41, 5.74) is -0.0988. The first-order chi connectivity index (χ1) is 8.34. The van der Waals surface area contributed by atoms with Crippen LogP contribution in [0, 0.1) is 5.82 Å². The molecule has 0 bridgehead atoms. The summed E-state index contributed by atoms with van der Waals surface area (Å²) in [5.74, 6) is -1.41. The molecule has 1 N–H and O–H groups in total. The molecule has 0 saturated carbocycles. The smallest absolute Gasteiger partial charge is 0.261 e. The Hall–Kier alpha value is -1.40. The van der Waals surface area contributed by atoms with Crippen molar-refractivity contribution in [2.75, 3.05) is 6.54 Å². The van der Waals surface area contributed by atoms with Gasteiger partial charge < -0.3 is 5.32 Å². The molecule has 1 aromatic carbocycles. The number of benzene rings is 1. The topological polar surface area (TPSA) is 63.2 Å². The summed E-state index contributed by atoms with van der Waals surface area (Å²) in [4.78, 5) is 11.2. The second-order valence-corrected chi connectivity index (χ2v) is 6.01. The van der Waals surface area contributed by atoms with Crippen molar-refractivity contribution in [2.45, 2.75) is 11.3 Å². The average Bonchev–Trinajstić information content (AvgIpc) is 2.27. The zero-order valence-corrected chi connectivity index (χ0v) is 10.9. The van der Waals surface area contributed by atoms with Crippen LogP contribution >= 0.6 is 10.7 Å². The summed E-state index contributed by atoms with van der Waals surface area (Å²) in [7, 11) is 1.02. The Bertz CT molecular complexity index is 572. The van der Waals surface area contributed by atoms with Gasteiger partial charge in [-0.15, -0.1) is 6.58 Å². The molecule has 1 amide bonds. The van der Waals surface area contributed by atoms with Crippen LogP contribution in [0.5, 0.6) is 0 Å². The zero-order chi connectivity index (χ0) is 13.8. The number of carbonyl (C=O) groups is 1. The molecular formula is C11H11ClFNO3S. The van der Waals surface area contributed by atoms with Crippen LogP contribution in [-0.4, -0.2) is 20.9 Å². The monoisotopic (exact) mass is 291 g/mol. The molecule has 7 heteroatoms. The van der Waals surface area contributed by atoms with Gasteiger partial charge in [-0.3, -0.25) is 4.79 Å². The summed E-state index contributed by atoms with van der Waals surface area (Å²) < 4.78 is 35.3. The lowest BCUT2D eigenvalue weighted by atomic mass is 10.2. The number of amides is 1. The molecular weight excluding hydrogens is 281 g/mol. The minimum atomic E-state index is -4.07. The third kappa shape index (κ3) is 4.12. The molecule has 0 aromatic heterocycles. The van der Waals surface area contributed by atoms with Crippen LogP contribution in [0.25, 0.3) is 0 Å². The van der Waals surface area contributed by atoms with E-state index in [0.717, 1.165) is 18.2 Å². The normalized spacial score (nSPS) is 11.0. The van der Waals surface area contributed by atoms with Crippen molar-refractivity contribution in [3.63, 3.8) is 0 Å². The number of hydrogen-bond donors (Lipinski definition) is 1. The van der Waals surface area contributed by atoms with Gasteiger partial charge in [0.15, 0.2) is 0 Å². The van der Waals surface area contributed by atoms with E-state index in [2.05, 4.69) is 11.9 Å². The number of nitrogens with one attached hydrogen (secondary N) is 1. The molecule has 1 rings (SSSR count). The minimum Gasteiger partial charge on any atom is -0.352 e. The van der Waals surface area contributed by atoms with Crippen molar-refractivity contribution in [1.29, 1.82) is 0 Å². The summed E-state index contributed by atoms with van der Waals surface area (Å²) in [6.45, 7) is 3.82. The minimum absolute atomic E-state index is 0.0988. The third-order valence-electron chi connectivity index (χ3n) is 2.05. The molecule has 0 spiro atoms. The Morgan fingerprint density at radius 3 is 2.67 bits per heavy atom. The van der Waals surface area contributed by atoms with Gasteiger partial charge in [0.25, 0.3) is 15.0 Å². The fraction of sp³-hybridized carbons (Fsp3) is 0.182. The standard InChI is InChI=1S/C11H11ClFNO3S/c1-2-3-4-14-11(15)8-5-9(13)7-10(6-8)18(12,16)17/h2,5-7H,1,3-4H2,(H,14,15). The fourth-order valence-electron chi connectivity index (χ4n) is 1.22. The number of halogens is 2. The zero-order valence-electron chi connectivity index (χ0n) is 9.32. The predicted octanol–water partition coefficient (Wildman–Crippen LogP) is 2.06. The SMILES string of the molecule is C=CCCNC(=O)c1cc(F)cc(S(=O)(=O)Cl)c1. The van der Waals surface area contributed by atoms with Gasteiger partial charge in [0.2, 0.25) is 0 Å². The second kappa shape index (κ2) is 5.97. The molecule has 0 unspecified atom stereocenters. The van der Waals surface area contributed by atoms with E-state index in [1.165, 1.54) is 0 Å². The highest BCUT2D eigenvalue weighted by Crippen LogP contribution is 2.18. The van der Waals surface area contributed by atoms with Gasteiger partial charge >= 0.3 is 0 Å². The first-order valence-corrected chi connectivity index (χ1v) is 7.30. The molecule has 0 atom stereocenters. The molecule has 98 valence electrons. The summed E-state index contributed by atoms with van der Waals surface area (Å²) in [6.07, 6.45) is 2.17. The number of hydrogen-bond acceptors (Lipinski definition) is 3. The van der Waals surface area contributed by atoms with Crippen molar-refractivity contribution in [1.82, 2.24) is 5.32 Å². The second-order valence-electron chi connectivity index (χ2n) is 3.45. The van der Waals surface area contributed by atoms with Crippen LogP contribution in [0.3, 0.4) is 0 Å². The molecule has 0 aliphatic rings. The predicted molar refractivity (Wildman–Crippen MR) is 66.6 cm³/mol. The first-order valence-electron chi connectivity index (χ1n) is 4.99. The van der Waals surface area contributed by atoms with Crippen molar-refractivity contribution in [2.24, 2.45) is 0 Å². The van der Waals surface area contributed by atoms with Crippen LogP contribution in [0.15, 0.2) is 35.7 Å². The summed E-state index contributed by atoms with van der Waals surface area (Å²) >= 11 is 0. The Kier molecular flexibility index (Phi) is 4.86. The van der Waals surface area contributed by atoms with E-state index in [1.54, 1.807) is 6.08 Å². The number of carbonyl (C=O) groups excluding carboxylic acids is 1. The Balaban J connectivity index is 2.99. The maximum absolute atomic E-state index is 13.2. The van der Waals surface area contributed by atoms with E-state index in [-0.39, 0.29) is 5.56 Å². The van der Waals surface area contributed by atoms with E-state index < -0.39 is 25.7 Å². The van der Waals surface area contributed by atoms with Gasteiger partial charge in [0.05, 0.1) is 4.90 Å². The van der Waals surface area contributed by atoms with Gasteiger partial charge in [0.1, 0.15) is 5.82 Å². The molecule has 0 heterocycles. The van der Waals surface area contributed by atoms with Crippen molar-refractivity contribution in [3.05, 3.63) is 42.2 Å². The van der Waals surface area contributed by atoms with Crippen LogP contribution in [0.4, 0.5) is 4.39 Å². The molecule has 0 fully saturated rings. The summed E-state index contributed by atoms with van der Waals surface area (Å²) in [6, 6.07) is 2.71. The van der Waals surface area contributed by atoms with Crippen LogP contribution in [-0.2, 0) is 9.05 Å². The van der Waals surface area contributed by atoms with Gasteiger partial charge in [-0.2, -0.15) is 0 Å². The largest absolute Gasteiger partial charge is 0.352 e. The molecule has 18 heavy (non-hydrogen) atoms. The van der Waals surface area contributed by atoms with Crippen molar-refractivity contribution in [3.8, 4) is 0 Å². The molecule has 0 saturated heterocycles. The fourth-order valence-corrected chi connectivity index (χ4v) is 2.01. The van der Waals surface area contributed by atoms with E-state index in [4.69, 9.17) is 10.7 Å². The van der Waals surface area contributed by atoms with Crippen LogP contribution in [0.1, 0.15) is 16.8 Å². The highest BCUT2D eigenvalue weighted by molar-refractivity contribution is 8.13. The number of rotatable bonds is 5. The highest BCUT2D eigenvalue weighted by Gasteiger charge is 2.15. The van der Waals surface area contributed by atoms with Gasteiger partial charge in [0, 0.05) is 22.8 Å². The Morgan fingerprint density at radius 1 is 1.44 bits per heavy atom. The van der Waals surface area contributed by atoms with E-state index in [0.29, 0.717) is 13.0 Å². The average molecular weight is 292 g/mol. The molecule has 0 aliphatic heterocycles. The Labute approximate surface area is 109 Å². The van der Waals surface area contributed by atoms with E-state index >= 15 is 0 Å². The quantitative estimate of drug-likeness (QED) is 0.513. The maximum atomic E-state index is 13.2. The van der Waals surface area contributed by atoms with Gasteiger partial charge in [-0.1, -0.05) is 6.08 Å². The van der Waals surface area contributed by atoms with E-state index in [9.17, 15) is 17.6 Å². The van der Waals surface area contributed by atoms with Gasteiger partial charge in [-0.25, -0.2) is 12.8 Å².